The van der Waals surface area contributed by atoms with E-state index in [0.717, 1.165) is 8.95 Å². The summed E-state index contributed by atoms with van der Waals surface area (Å²) < 4.78 is 6.90. The second-order valence-electron chi connectivity index (χ2n) is 3.81. The quantitative estimate of drug-likeness (QED) is 0.847. The SMILES string of the molecule is COc1cc(NC(=O)c2cccc(Br)c2)ccc1Br. The first kappa shape index (κ1) is 14.1. The predicted octanol–water partition coefficient (Wildman–Crippen LogP) is 4.47. The van der Waals surface area contributed by atoms with E-state index < -0.39 is 0 Å². The van der Waals surface area contributed by atoms with Gasteiger partial charge >= 0.3 is 0 Å². The van der Waals surface area contributed by atoms with Gasteiger partial charge in [-0.3, -0.25) is 4.79 Å². The fourth-order valence-electron chi connectivity index (χ4n) is 1.57. The fraction of sp³-hybridized carbons (Fsp3) is 0.0714. The monoisotopic (exact) mass is 383 g/mol. The Hall–Kier alpha value is -1.33. The van der Waals surface area contributed by atoms with Gasteiger partial charge in [-0.15, -0.1) is 0 Å². The van der Waals surface area contributed by atoms with Crippen molar-refractivity contribution in [2.24, 2.45) is 0 Å². The number of ether oxygens (including phenoxy) is 1. The third-order valence-electron chi connectivity index (χ3n) is 2.50. The van der Waals surface area contributed by atoms with Crippen LogP contribution in [0.5, 0.6) is 5.75 Å². The summed E-state index contributed by atoms with van der Waals surface area (Å²) >= 11 is 6.71. The highest BCUT2D eigenvalue weighted by atomic mass is 79.9. The highest BCUT2D eigenvalue weighted by Crippen LogP contribution is 2.28. The summed E-state index contributed by atoms with van der Waals surface area (Å²) in [5.41, 5.74) is 1.28. The van der Waals surface area contributed by atoms with Gasteiger partial charge in [0.05, 0.1) is 11.6 Å². The zero-order valence-electron chi connectivity index (χ0n) is 10.1. The number of nitrogens with one attached hydrogen (secondary N) is 1. The first-order valence-electron chi connectivity index (χ1n) is 5.50. The number of methoxy groups -OCH3 is 1. The third kappa shape index (κ3) is 3.58. The van der Waals surface area contributed by atoms with E-state index >= 15 is 0 Å². The van der Waals surface area contributed by atoms with Crippen LogP contribution in [-0.4, -0.2) is 13.0 Å². The van der Waals surface area contributed by atoms with Gasteiger partial charge in [0.1, 0.15) is 5.75 Å². The summed E-state index contributed by atoms with van der Waals surface area (Å²) in [4.78, 5) is 12.1. The zero-order chi connectivity index (χ0) is 13.8. The number of hydrogen-bond acceptors (Lipinski definition) is 2. The van der Waals surface area contributed by atoms with Crippen LogP contribution < -0.4 is 10.1 Å². The number of carbonyl (C=O) groups is 1. The lowest BCUT2D eigenvalue weighted by molar-refractivity contribution is 0.102. The molecule has 5 heteroatoms. The molecule has 0 saturated carbocycles. The number of rotatable bonds is 3. The number of halogens is 2. The zero-order valence-corrected chi connectivity index (χ0v) is 13.3. The molecule has 0 aliphatic heterocycles. The lowest BCUT2D eigenvalue weighted by atomic mass is 10.2. The smallest absolute Gasteiger partial charge is 0.255 e. The molecule has 19 heavy (non-hydrogen) atoms. The summed E-state index contributed by atoms with van der Waals surface area (Å²) in [6.07, 6.45) is 0. The maximum atomic E-state index is 12.1. The van der Waals surface area contributed by atoms with Crippen LogP contribution in [0.15, 0.2) is 51.4 Å². The highest BCUT2D eigenvalue weighted by molar-refractivity contribution is 9.10. The van der Waals surface area contributed by atoms with Crippen molar-refractivity contribution in [1.29, 1.82) is 0 Å². The summed E-state index contributed by atoms with van der Waals surface area (Å²) in [6, 6.07) is 12.6. The average molecular weight is 385 g/mol. The van der Waals surface area contributed by atoms with Crippen molar-refractivity contribution in [2.45, 2.75) is 0 Å². The van der Waals surface area contributed by atoms with Crippen LogP contribution in [0.2, 0.25) is 0 Å². The van der Waals surface area contributed by atoms with E-state index in [0.29, 0.717) is 17.0 Å². The molecule has 0 atom stereocenters. The van der Waals surface area contributed by atoms with Crippen molar-refractivity contribution in [3.63, 3.8) is 0 Å². The summed E-state index contributed by atoms with van der Waals surface area (Å²) in [5.74, 6) is 0.512. The number of anilines is 1. The van der Waals surface area contributed by atoms with E-state index in [-0.39, 0.29) is 5.91 Å². The van der Waals surface area contributed by atoms with Gasteiger partial charge in [0, 0.05) is 21.8 Å². The standard InChI is InChI=1S/C14H11Br2NO2/c1-19-13-8-11(5-6-12(13)16)17-14(18)9-3-2-4-10(15)7-9/h2-8H,1H3,(H,17,18). The molecule has 1 N–H and O–H groups in total. The van der Waals surface area contributed by atoms with Gasteiger partial charge in [0.2, 0.25) is 0 Å². The van der Waals surface area contributed by atoms with E-state index in [2.05, 4.69) is 37.2 Å². The molecule has 0 unspecified atom stereocenters. The van der Waals surface area contributed by atoms with Gasteiger partial charge in [-0.2, -0.15) is 0 Å². The molecule has 0 aromatic heterocycles. The Kier molecular flexibility index (Phi) is 4.61. The van der Waals surface area contributed by atoms with Crippen molar-refractivity contribution in [2.75, 3.05) is 12.4 Å². The molecule has 0 aliphatic carbocycles. The Labute approximate surface area is 128 Å². The predicted molar refractivity (Wildman–Crippen MR) is 82.8 cm³/mol. The van der Waals surface area contributed by atoms with E-state index in [1.807, 2.05) is 24.3 Å². The minimum atomic E-state index is -0.161. The van der Waals surface area contributed by atoms with Gasteiger partial charge in [-0.1, -0.05) is 22.0 Å². The molecule has 0 fully saturated rings. The number of hydrogen-bond donors (Lipinski definition) is 1. The van der Waals surface area contributed by atoms with Crippen molar-refractivity contribution in [1.82, 2.24) is 0 Å². The Morgan fingerprint density at radius 3 is 2.63 bits per heavy atom. The number of amides is 1. The largest absolute Gasteiger partial charge is 0.495 e. The van der Waals surface area contributed by atoms with Crippen molar-refractivity contribution >= 4 is 43.5 Å². The third-order valence-corrected chi connectivity index (χ3v) is 3.64. The topological polar surface area (TPSA) is 38.3 Å². The second-order valence-corrected chi connectivity index (χ2v) is 5.58. The molecule has 2 aromatic rings. The summed E-state index contributed by atoms with van der Waals surface area (Å²) in [5, 5.41) is 2.83. The Morgan fingerprint density at radius 1 is 1.16 bits per heavy atom. The minimum absolute atomic E-state index is 0.161. The second kappa shape index (κ2) is 6.21. The lowest BCUT2D eigenvalue weighted by Gasteiger charge is -2.08. The van der Waals surface area contributed by atoms with E-state index in [1.54, 1.807) is 25.3 Å². The molecule has 0 aliphatic rings. The highest BCUT2D eigenvalue weighted by Gasteiger charge is 2.08. The van der Waals surface area contributed by atoms with Gasteiger partial charge in [0.15, 0.2) is 0 Å². The van der Waals surface area contributed by atoms with Crippen LogP contribution in [-0.2, 0) is 0 Å². The maximum absolute atomic E-state index is 12.1. The fourth-order valence-corrected chi connectivity index (χ4v) is 2.38. The first-order chi connectivity index (χ1) is 9.10. The van der Waals surface area contributed by atoms with E-state index in [9.17, 15) is 4.79 Å². The molecule has 0 spiro atoms. The van der Waals surface area contributed by atoms with Crippen LogP contribution in [0, 0.1) is 0 Å². The van der Waals surface area contributed by atoms with Crippen LogP contribution in [0.4, 0.5) is 5.69 Å². The molecule has 2 aromatic carbocycles. The number of carbonyl (C=O) groups excluding carboxylic acids is 1. The Bertz CT molecular complexity index is 614. The van der Waals surface area contributed by atoms with E-state index in [1.165, 1.54) is 0 Å². The van der Waals surface area contributed by atoms with Crippen LogP contribution >= 0.6 is 31.9 Å². The molecule has 1 amide bonds. The molecule has 0 saturated heterocycles. The lowest BCUT2D eigenvalue weighted by Crippen LogP contribution is -2.11. The molecular formula is C14H11Br2NO2. The van der Waals surface area contributed by atoms with E-state index in [4.69, 9.17) is 4.74 Å². The Morgan fingerprint density at radius 2 is 1.95 bits per heavy atom. The van der Waals surface area contributed by atoms with Gasteiger partial charge < -0.3 is 10.1 Å². The normalized spacial score (nSPS) is 10.1. The number of benzene rings is 2. The molecule has 2 rings (SSSR count). The first-order valence-corrected chi connectivity index (χ1v) is 7.09. The van der Waals surface area contributed by atoms with Crippen LogP contribution in [0.25, 0.3) is 0 Å². The molecule has 0 heterocycles. The molecule has 3 nitrogen and oxygen atoms in total. The summed E-state index contributed by atoms with van der Waals surface area (Å²) in [7, 11) is 1.58. The molecule has 0 bridgehead atoms. The van der Waals surface area contributed by atoms with Crippen molar-refractivity contribution < 1.29 is 9.53 Å². The van der Waals surface area contributed by atoms with Crippen molar-refractivity contribution in [3.05, 3.63) is 57.0 Å². The van der Waals surface area contributed by atoms with Gasteiger partial charge in [-0.25, -0.2) is 0 Å². The van der Waals surface area contributed by atoms with Crippen LogP contribution in [0.1, 0.15) is 10.4 Å². The minimum Gasteiger partial charge on any atom is -0.495 e. The van der Waals surface area contributed by atoms with Gasteiger partial charge in [0.25, 0.3) is 5.91 Å². The average Bonchev–Trinajstić information content (AvgIpc) is 2.41. The summed E-state index contributed by atoms with van der Waals surface area (Å²) in [6.45, 7) is 0. The van der Waals surface area contributed by atoms with Gasteiger partial charge in [-0.05, 0) is 46.3 Å². The molecular weight excluding hydrogens is 374 g/mol. The van der Waals surface area contributed by atoms with Crippen LogP contribution in [0.3, 0.4) is 0 Å². The Balaban J connectivity index is 2.19. The maximum Gasteiger partial charge on any atom is 0.255 e. The molecule has 98 valence electrons. The van der Waals surface area contributed by atoms with Crippen molar-refractivity contribution in [3.8, 4) is 5.75 Å². The molecule has 0 radical (unpaired) electrons.